The summed E-state index contributed by atoms with van der Waals surface area (Å²) in [6.07, 6.45) is 0. The third-order valence-electron chi connectivity index (χ3n) is 5.22. The molecule has 0 saturated heterocycles. The summed E-state index contributed by atoms with van der Waals surface area (Å²) in [6, 6.07) is 17.4. The van der Waals surface area contributed by atoms with Crippen molar-refractivity contribution < 1.29 is 18.1 Å². The molecule has 0 aliphatic rings. The molecule has 0 atom stereocenters. The van der Waals surface area contributed by atoms with Gasteiger partial charge in [-0.2, -0.15) is 10.2 Å². The molecule has 0 unspecified atom stereocenters. The van der Waals surface area contributed by atoms with E-state index in [2.05, 4.69) is 19.9 Å². The Kier molecular flexibility index (Phi) is 6.28. The number of anilines is 1. The van der Waals surface area contributed by atoms with Gasteiger partial charge in [0.2, 0.25) is 0 Å². The van der Waals surface area contributed by atoms with Crippen molar-refractivity contribution in [1.29, 1.82) is 0 Å². The van der Waals surface area contributed by atoms with E-state index in [1.165, 1.54) is 31.4 Å². The molecule has 4 aromatic rings. The van der Waals surface area contributed by atoms with E-state index in [-0.39, 0.29) is 28.5 Å². The number of nitrogens with zero attached hydrogens (tertiary/aromatic N) is 3. The molecule has 0 spiro atoms. The highest BCUT2D eigenvalue weighted by Crippen LogP contribution is 2.31. The summed E-state index contributed by atoms with van der Waals surface area (Å²) in [6.45, 7) is 2.13. The number of nitro benzene ring substituents is 1. The standard InChI is InChI=1S/C23H21N5O5S/c1-15-20(19-5-3-4-6-21(19)25-15)14-24-26-22-12-9-17(28(29)30)13-23(22)34(31,32)27-16-7-10-18(33-2)11-8-16/h3-13,25,27H,14H2,1-2H3. The minimum Gasteiger partial charge on any atom is -0.497 e. The second-order valence-electron chi connectivity index (χ2n) is 7.42. The number of H-pyrrole nitrogens is 1. The van der Waals surface area contributed by atoms with Crippen LogP contribution in [0.1, 0.15) is 11.3 Å². The van der Waals surface area contributed by atoms with E-state index < -0.39 is 14.9 Å². The second-order valence-corrected chi connectivity index (χ2v) is 9.07. The van der Waals surface area contributed by atoms with Crippen LogP contribution in [0.15, 0.2) is 81.9 Å². The zero-order valence-electron chi connectivity index (χ0n) is 18.3. The smallest absolute Gasteiger partial charge is 0.270 e. The Morgan fingerprint density at radius 1 is 1.09 bits per heavy atom. The van der Waals surface area contributed by atoms with Crippen molar-refractivity contribution in [2.75, 3.05) is 11.8 Å². The van der Waals surface area contributed by atoms with Crippen molar-refractivity contribution >= 4 is 38.0 Å². The number of methoxy groups -OCH3 is 1. The molecule has 1 heterocycles. The molecule has 0 aliphatic carbocycles. The average Bonchev–Trinajstić information content (AvgIpc) is 3.14. The molecule has 1 aromatic heterocycles. The highest BCUT2D eigenvalue weighted by atomic mass is 32.2. The Morgan fingerprint density at radius 2 is 1.82 bits per heavy atom. The zero-order chi connectivity index (χ0) is 24.3. The molecular weight excluding hydrogens is 458 g/mol. The molecule has 0 fully saturated rings. The number of nitro groups is 1. The summed E-state index contributed by atoms with van der Waals surface area (Å²) in [5.74, 6) is 0.556. The normalized spacial score (nSPS) is 11.7. The van der Waals surface area contributed by atoms with Crippen LogP contribution in [0.2, 0.25) is 0 Å². The van der Waals surface area contributed by atoms with Crippen molar-refractivity contribution in [3.63, 3.8) is 0 Å². The summed E-state index contributed by atoms with van der Waals surface area (Å²) < 4.78 is 33.7. The first kappa shape index (κ1) is 22.9. The summed E-state index contributed by atoms with van der Waals surface area (Å²) >= 11 is 0. The molecule has 0 amide bonds. The number of rotatable bonds is 8. The lowest BCUT2D eigenvalue weighted by Crippen LogP contribution is -2.13. The number of hydrogen-bond donors (Lipinski definition) is 2. The van der Waals surface area contributed by atoms with Crippen molar-refractivity contribution in [2.24, 2.45) is 10.2 Å². The number of nitrogens with one attached hydrogen (secondary N) is 2. The number of aryl methyl sites for hydroxylation is 1. The predicted molar refractivity (Wildman–Crippen MR) is 128 cm³/mol. The van der Waals surface area contributed by atoms with Crippen LogP contribution >= 0.6 is 0 Å². The first-order valence-corrected chi connectivity index (χ1v) is 11.7. The van der Waals surface area contributed by atoms with E-state index in [0.29, 0.717) is 5.75 Å². The van der Waals surface area contributed by atoms with Gasteiger partial charge in [0.1, 0.15) is 16.3 Å². The van der Waals surface area contributed by atoms with Gasteiger partial charge in [0.15, 0.2) is 0 Å². The lowest BCUT2D eigenvalue weighted by Gasteiger charge is -2.10. The fourth-order valence-electron chi connectivity index (χ4n) is 3.50. The maximum absolute atomic E-state index is 13.1. The second kappa shape index (κ2) is 9.32. The number of para-hydroxylation sites is 1. The lowest BCUT2D eigenvalue weighted by atomic mass is 10.1. The molecule has 0 aliphatic heterocycles. The van der Waals surface area contributed by atoms with Crippen molar-refractivity contribution in [3.8, 4) is 5.75 Å². The molecule has 11 heteroatoms. The van der Waals surface area contributed by atoms with Gasteiger partial charge >= 0.3 is 0 Å². The third-order valence-corrected chi connectivity index (χ3v) is 6.63. The van der Waals surface area contributed by atoms with Crippen LogP contribution in [0.25, 0.3) is 10.9 Å². The van der Waals surface area contributed by atoms with Gasteiger partial charge in [-0.1, -0.05) is 18.2 Å². The molecule has 34 heavy (non-hydrogen) atoms. The van der Waals surface area contributed by atoms with Crippen LogP contribution in [-0.4, -0.2) is 25.4 Å². The molecular formula is C23H21N5O5S. The molecule has 3 aromatic carbocycles. The van der Waals surface area contributed by atoms with Crippen LogP contribution in [0, 0.1) is 17.0 Å². The first-order chi connectivity index (χ1) is 16.3. The SMILES string of the molecule is COc1ccc(NS(=O)(=O)c2cc([N+](=O)[O-])ccc2N=NCc2c(C)[nH]c3ccccc23)cc1. The van der Waals surface area contributed by atoms with Gasteiger partial charge in [0.25, 0.3) is 15.7 Å². The number of ether oxygens (including phenoxy) is 1. The number of azo groups is 1. The van der Waals surface area contributed by atoms with Crippen molar-refractivity contribution in [1.82, 2.24) is 4.98 Å². The molecule has 10 nitrogen and oxygen atoms in total. The highest BCUT2D eigenvalue weighted by Gasteiger charge is 2.23. The number of hydrogen-bond acceptors (Lipinski definition) is 7. The summed E-state index contributed by atoms with van der Waals surface area (Å²) in [5, 5.41) is 20.6. The van der Waals surface area contributed by atoms with Gasteiger partial charge in [-0.25, -0.2) is 8.42 Å². The minimum absolute atomic E-state index is 0.0101. The Labute approximate surface area is 195 Å². The fourth-order valence-corrected chi connectivity index (χ4v) is 4.72. The monoisotopic (exact) mass is 479 g/mol. The van der Waals surface area contributed by atoms with Gasteiger partial charge in [-0.05, 0) is 43.3 Å². The van der Waals surface area contributed by atoms with E-state index in [4.69, 9.17) is 4.74 Å². The number of aromatic nitrogens is 1. The molecule has 4 rings (SSSR count). The number of non-ortho nitro benzene ring substituents is 1. The van der Waals surface area contributed by atoms with E-state index >= 15 is 0 Å². The van der Waals surface area contributed by atoms with Crippen molar-refractivity contribution in [2.45, 2.75) is 18.4 Å². The topological polar surface area (TPSA) is 139 Å². The Bertz CT molecular complexity index is 1490. The van der Waals surface area contributed by atoms with E-state index in [1.54, 1.807) is 12.1 Å². The Hall–Kier alpha value is -4.25. The Morgan fingerprint density at radius 3 is 2.53 bits per heavy atom. The van der Waals surface area contributed by atoms with Crippen LogP contribution < -0.4 is 9.46 Å². The Balaban J connectivity index is 1.67. The number of fused-ring (bicyclic) bond motifs is 1. The summed E-state index contributed by atoms with van der Waals surface area (Å²) in [5.41, 5.74) is 2.71. The van der Waals surface area contributed by atoms with Crippen LogP contribution in [-0.2, 0) is 16.6 Å². The first-order valence-electron chi connectivity index (χ1n) is 10.2. The van der Waals surface area contributed by atoms with Crippen LogP contribution in [0.5, 0.6) is 5.75 Å². The molecule has 0 saturated carbocycles. The lowest BCUT2D eigenvalue weighted by molar-refractivity contribution is -0.385. The number of aromatic amines is 1. The molecule has 2 N–H and O–H groups in total. The molecule has 0 bridgehead atoms. The van der Waals surface area contributed by atoms with Gasteiger partial charge in [-0.15, -0.1) is 0 Å². The number of sulfonamides is 1. The van der Waals surface area contributed by atoms with E-state index in [9.17, 15) is 18.5 Å². The summed E-state index contributed by atoms with van der Waals surface area (Å²) in [4.78, 5) is 13.5. The molecule has 0 radical (unpaired) electrons. The van der Waals surface area contributed by atoms with Crippen LogP contribution in [0.4, 0.5) is 17.1 Å². The van der Waals surface area contributed by atoms with E-state index in [0.717, 1.165) is 28.2 Å². The van der Waals surface area contributed by atoms with Crippen molar-refractivity contribution in [3.05, 3.63) is 88.1 Å². The largest absolute Gasteiger partial charge is 0.497 e. The maximum atomic E-state index is 13.1. The average molecular weight is 480 g/mol. The zero-order valence-corrected chi connectivity index (χ0v) is 19.2. The minimum atomic E-state index is -4.20. The predicted octanol–water partition coefficient (Wildman–Crippen LogP) is 5.48. The summed E-state index contributed by atoms with van der Waals surface area (Å²) in [7, 11) is -2.70. The maximum Gasteiger partial charge on any atom is 0.270 e. The molecule has 174 valence electrons. The van der Waals surface area contributed by atoms with Gasteiger partial charge in [0, 0.05) is 40.0 Å². The highest BCUT2D eigenvalue weighted by molar-refractivity contribution is 7.92. The number of benzene rings is 3. The third kappa shape index (κ3) is 4.74. The fraction of sp³-hybridized carbons (Fsp3) is 0.130. The van der Waals surface area contributed by atoms with Crippen LogP contribution in [0.3, 0.4) is 0 Å². The van der Waals surface area contributed by atoms with E-state index in [1.807, 2.05) is 31.2 Å². The van der Waals surface area contributed by atoms with Gasteiger partial charge in [-0.3, -0.25) is 14.8 Å². The quantitative estimate of drug-likeness (QED) is 0.196. The van der Waals surface area contributed by atoms with Gasteiger partial charge < -0.3 is 9.72 Å². The van der Waals surface area contributed by atoms with Gasteiger partial charge in [0.05, 0.1) is 18.6 Å².